The summed E-state index contributed by atoms with van der Waals surface area (Å²) in [6, 6.07) is 11.2. The molecular formula is C27H33F2N3O2S. The maximum absolute atomic E-state index is 15.7. The van der Waals surface area contributed by atoms with Crippen LogP contribution in [0.3, 0.4) is 0 Å². The van der Waals surface area contributed by atoms with Crippen LogP contribution in [0.15, 0.2) is 53.8 Å². The summed E-state index contributed by atoms with van der Waals surface area (Å²) in [5.74, 6) is 1.55. The molecule has 188 valence electrons. The van der Waals surface area contributed by atoms with Crippen LogP contribution in [0.2, 0.25) is 0 Å². The van der Waals surface area contributed by atoms with Gasteiger partial charge in [-0.15, -0.1) is 11.8 Å². The molecule has 4 rings (SSSR count). The van der Waals surface area contributed by atoms with Crippen molar-refractivity contribution in [2.45, 2.75) is 43.6 Å². The van der Waals surface area contributed by atoms with E-state index in [0.717, 1.165) is 43.3 Å². The normalized spacial score (nSPS) is 16.9. The quantitative estimate of drug-likeness (QED) is 0.337. The van der Waals surface area contributed by atoms with Crippen molar-refractivity contribution in [3.63, 3.8) is 0 Å². The number of aliphatic hydroxyl groups excluding tert-OH is 1. The monoisotopic (exact) mass is 501 g/mol. The molecule has 8 heteroatoms. The van der Waals surface area contributed by atoms with Crippen molar-refractivity contribution in [3.8, 4) is 5.75 Å². The number of aliphatic hydroxyl groups is 1. The van der Waals surface area contributed by atoms with Crippen molar-refractivity contribution in [1.82, 2.24) is 14.9 Å². The van der Waals surface area contributed by atoms with Crippen LogP contribution in [-0.2, 0) is 6.67 Å². The molecular weight excluding hydrogens is 468 g/mol. The van der Waals surface area contributed by atoms with Crippen LogP contribution in [0.1, 0.15) is 43.0 Å². The Bertz CT molecular complexity index is 1090. The smallest absolute Gasteiger partial charge is 0.126 e. The van der Waals surface area contributed by atoms with Gasteiger partial charge >= 0.3 is 0 Å². The molecule has 1 aliphatic heterocycles. The minimum absolute atomic E-state index is 0.0388. The van der Waals surface area contributed by atoms with Crippen molar-refractivity contribution < 1.29 is 18.6 Å². The zero-order valence-electron chi connectivity index (χ0n) is 20.1. The van der Waals surface area contributed by atoms with Gasteiger partial charge in [0.2, 0.25) is 0 Å². The topological polar surface area (TPSA) is 58.5 Å². The van der Waals surface area contributed by atoms with Gasteiger partial charge in [-0.25, -0.2) is 13.8 Å². The summed E-state index contributed by atoms with van der Waals surface area (Å²) >= 11 is 1.74. The number of alkyl halides is 2. The highest BCUT2D eigenvalue weighted by molar-refractivity contribution is 7.99. The fraction of sp³-hybridized carbons (Fsp3) is 0.481. The van der Waals surface area contributed by atoms with E-state index in [1.165, 1.54) is 6.20 Å². The molecule has 1 atom stereocenters. The van der Waals surface area contributed by atoms with E-state index < -0.39 is 12.8 Å². The molecule has 3 aromatic rings. The standard InChI is InChI=1S/C27H33F2N3O2S/c1-34-21-5-6-24-22(16-21)26(20(17-28)18-31-24)23(29)7-8-27(19-33)9-12-32(13-10-27)14-15-35-25-4-2-3-11-30-25/h2-6,11,16,18,23,33H,7-10,12-15,17,19H2,1H3. The van der Waals surface area contributed by atoms with Crippen molar-refractivity contribution >= 4 is 22.7 Å². The summed E-state index contributed by atoms with van der Waals surface area (Å²) in [4.78, 5) is 11.0. The summed E-state index contributed by atoms with van der Waals surface area (Å²) in [7, 11) is 1.55. The van der Waals surface area contributed by atoms with Crippen LogP contribution in [-0.4, -0.2) is 59.1 Å². The van der Waals surface area contributed by atoms with Gasteiger partial charge in [0.15, 0.2) is 0 Å². The van der Waals surface area contributed by atoms with Crippen molar-refractivity contribution in [2.75, 3.05) is 39.1 Å². The van der Waals surface area contributed by atoms with Crippen molar-refractivity contribution in [1.29, 1.82) is 0 Å². The van der Waals surface area contributed by atoms with Crippen LogP contribution in [0.4, 0.5) is 8.78 Å². The largest absolute Gasteiger partial charge is 0.497 e. The molecule has 0 aliphatic carbocycles. The first kappa shape index (κ1) is 25.8. The molecule has 2 aromatic heterocycles. The van der Waals surface area contributed by atoms with Gasteiger partial charge in [0.25, 0.3) is 0 Å². The van der Waals surface area contributed by atoms with E-state index in [-0.39, 0.29) is 24.0 Å². The summed E-state index contributed by atoms with van der Waals surface area (Å²) in [5.41, 5.74) is 0.949. The number of aromatic nitrogens is 2. The average molecular weight is 502 g/mol. The van der Waals surface area contributed by atoms with Gasteiger partial charge in [-0.05, 0) is 74.5 Å². The van der Waals surface area contributed by atoms with E-state index in [1.807, 2.05) is 18.2 Å². The predicted molar refractivity (Wildman–Crippen MR) is 136 cm³/mol. The first-order chi connectivity index (χ1) is 17.1. The maximum Gasteiger partial charge on any atom is 0.126 e. The Kier molecular flexibility index (Phi) is 8.92. The lowest BCUT2D eigenvalue weighted by Gasteiger charge is -2.41. The Labute approximate surface area is 209 Å². The maximum atomic E-state index is 15.7. The van der Waals surface area contributed by atoms with Crippen LogP contribution >= 0.6 is 11.8 Å². The van der Waals surface area contributed by atoms with Crippen LogP contribution in [0.25, 0.3) is 10.9 Å². The number of piperidine rings is 1. The molecule has 5 nitrogen and oxygen atoms in total. The SMILES string of the molecule is COc1ccc2ncc(CF)c(C(F)CCC3(CO)CCN(CCSc4ccccn4)CC3)c2c1. The Morgan fingerprint density at radius 1 is 1.20 bits per heavy atom. The summed E-state index contributed by atoms with van der Waals surface area (Å²) in [5, 5.41) is 11.9. The van der Waals surface area contributed by atoms with Crippen LogP contribution < -0.4 is 4.74 Å². The molecule has 1 N–H and O–H groups in total. The highest BCUT2D eigenvalue weighted by atomic mass is 32.2. The fourth-order valence-corrected chi connectivity index (χ4v) is 5.73. The Morgan fingerprint density at radius 3 is 2.71 bits per heavy atom. The summed E-state index contributed by atoms with van der Waals surface area (Å²) < 4.78 is 34.7. The molecule has 1 fully saturated rings. The Balaban J connectivity index is 1.36. The number of nitrogens with zero attached hydrogens (tertiary/aromatic N) is 3. The van der Waals surface area contributed by atoms with Gasteiger partial charge in [-0.2, -0.15) is 0 Å². The molecule has 0 amide bonds. The third kappa shape index (κ3) is 6.29. The predicted octanol–water partition coefficient (Wildman–Crippen LogP) is 5.77. The number of rotatable bonds is 11. The van der Waals surface area contributed by atoms with E-state index in [9.17, 15) is 9.50 Å². The third-order valence-electron chi connectivity index (χ3n) is 7.13. The average Bonchev–Trinajstić information content (AvgIpc) is 2.92. The minimum Gasteiger partial charge on any atom is -0.497 e. The van der Waals surface area contributed by atoms with E-state index in [0.29, 0.717) is 28.6 Å². The molecule has 1 aromatic carbocycles. The van der Waals surface area contributed by atoms with Gasteiger partial charge in [-0.3, -0.25) is 4.98 Å². The first-order valence-corrected chi connectivity index (χ1v) is 13.1. The highest BCUT2D eigenvalue weighted by Crippen LogP contribution is 2.41. The number of likely N-dealkylation sites (tertiary alicyclic amines) is 1. The van der Waals surface area contributed by atoms with E-state index >= 15 is 4.39 Å². The lowest BCUT2D eigenvalue weighted by Crippen LogP contribution is -2.42. The van der Waals surface area contributed by atoms with Crippen molar-refractivity contribution in [2.24, 2.45) is 5.41 Å². The fourth-order valence-electron chi connectivity index (χ4n) is 4.86. The molecule has 1 saturated heterocycles. The number of ether oxygens (including phenoxy) is 1. The number of hydrogen-bond donors (Lipinski definition) is 1. The minimum atomic E-state index is -1.34. The number of pyridine rings is 2. The molecule has 1 unspecified atom stereocenters. The van der Waals surface area contributed by atoms with Gasteiger partial charge in [0.1, 0.15) is 18.6 Å². The number of fused-ring (bicyclic) bond motifs is 1. The molecule has 0 saturated carbocycles. The number of thioether (sulfide) groups is 1. The van der Waals surface area contributed by atoms with E-state index in [4.69, 9.17) is 4.74 Å². The van der Waals surface area contributed by atoms with Gasteiger partial charge in [0, 0.05) is 47.8 Å². The zero-order valence-corrected chi connectivity index (χ0v) is 20.9. The van der Waals surface area contributed by atoms with Crippen molar-refractivity contribution in [3.05, 3.63) is 59.9 Å². The number of methoxy groups -OCH3 is 1. The van der Waals surface area contributed by atoms with E-state index in [1.54, 1.807) is 43.3 Å². The lowest BCUT2D eigenvalue weighted by molar-refractivity contribution is 0.0322. The zero-order chi connectivity index (χ0) is 24.7. The second kappa shape index (κ2) is 12.1. The Morgan fingerprint density at radius 2 is 2.03 bits per heavy atom. The van der Waals surface area contributed by atoms with Gasteiger partial charge < -0.3 is 14.7 Å². The van der Waals surface area contributed by atoms with Gasteiger partial charge in [-0.1, -0.05) is 6.07 Å². The molecule has 0 radical (unpaired) electrons. The number of halogens is 2. The summed E-state index contributed by atoms with van der Waals surface area (Å²) in [6.45, 7) is 1.99. The molecule has 0 bridgehead atoms. The lowest BCUT2D eigenvalue weighted by atomic mass is 9.74. The van der Waals surface area contributed by atoms with Gasteiger partial charge in [0.05, 0.1) is 17.7 Å². The third-order valence-corrected chi connectivity index (χ3v) is 8.06. The Hall–Kier alpha value is -2.29. The second-order valence-electron chi connectivity index (χ2n) is 9.24. The number of hydrogen-bond acceptors (Lipinski definition) is 6. The summed E-state index contributed by atoms with van der Waals surface area (Å²) in [6.07, 6.45) is 4.34. The molecule has 1 aliphatic rings. The number of benzene rings is 1. The highest BCUT2D eigenvalue weighted by Gasteiger charge is 2.35. The first-order valence-electron chi connectivity index (χ1n) is 12.1. The van der Waals surface area contributed by atoms with E-state index in [2.05, 4.69) is 14.9 Å². The van der Waals surface area contributed by atoms with Crippen LogP contribution in [0.5, 0.6) is 5.75 Å². The second-order valence-corrected chi connectivity index (χ2v) is 10.4. The molecule has 35 heavy (non-hydrogen) atoms. The molecule has 0 spiro atoms. The van der Waals surface area contributed by atoms with Crippen LogP contribution in [0, 0.1) is 5.41 Å². The molecule has 3 heterocycles.